The van der Waals surface area contributed by atoms with Crippen LogP contribution in [0.1, 0.15) is 19.8 Å². The number of ether oxygens (including phenoxy) is 1. The smallest absolute Gasteiger partial charge is 0.149 e. The molecule has 0 radical (unpaired) electrons. The number of hydrogen-bond acceptors (Lipinski definition) is 4. The van der Waals surface area contributed by atoms with Gasteiger partial charge in [0.25, 0.3) is 0 Å². The van der Waals surface area contributed by atoms with Crippen molar-refractivity contribution in [1.29, 1.82) is 0 Å². The van der Waals surface area contributed by atoms with Crippen molar-refractivity contribution in [2.45, 2.75) is 19.8 Å². The fourth-order valence-corrected chi connectivity index (χ4v) is 2.26. The molecule has 0 aliphatic rings. The Morgan fingerprint density at radius 3 is 2.70 bits per heavy atom. The topological polar surface area (TPSA) is 47.0 Å². The number of benzene rings is 2. The van der Waals surface area contributed by atoms with Gasteiger partial charge in [-0.1, -0.05) is 19.4 Å². The number of nitrogens with zero attached hydrogens (tertiary/aromatic N) is 2. The van der Waals surface area contributed by atoms with E-state index in [1.807, 2.05) is 24.3 Å². The average Bonchev–Trinajstić information content (AvgIpc) is 2.58. The molecule has 0 atom stereocenters. The van der Waals surface area contributed by atoms with Crippen molar-refractivity contribution in [3.05, 3.63) is 54.6 Å². The fourth-order valence-electron chi connectivity index (χ4n) is 2.26. The van der Waals surface area contributed by atoms with E-state index in [0.717, 1.165) is 30.9 Å². The standard InChI is InChI=1S/C18H18FN3O/c1-2-3-11-23-14-9-7-13(8-10-14)22-18-15-5-4-6-16(19)17(15)20-12-21-18/h4-10,12H,2-3,11H2,1H3,(H,20,21,22). The molecular formula is C18H18FN3O. The summed E-state index contributed by atoms with van der Waals surface area (Å²) in [6, 6.07) is 12.5. The first-order valence-corrected chi connectivity index (χ1v) is 7.67. The first-order valence-electron chi connectivity index (χ1n) is 7.67. The number of aromatic nitrogens is 2. The highest BCUT2D eigenvalue weighted by Crippen LogP contribution is 2.25. The SMILES string of the molecule is CCCCOc1ccc(Nc2ncnc3c(F)cccc23)cc1. The van der Waals surface area contributed by atoms with Crippen LogP contribution in [0.5, 0.6) is 5.75 Å². The number of para-hydroxylation sites is 1. The molecule has 0 aliphatic carbocycles. The van der Waals surface area contributed by atoms with E-state index in [-0.39, 0.29) is 5.82 Å². The van der Waals surface area contributed by atoms with Gasteiger partial charge < -0.3 is 10.1 Å². The third kappa shape index (κ3) is 3.56. The minimum Gasteiger partial charge on any atom is -0.494 e. The second-order valence-electron chi connectivity index (χ2n) is 5.21. The Kier molecular flexibility index (Phi) is 4.66. The molecule has 0 fully saturated rings. The Labute approximate surface area is 134 Å². The van der Waals surface area contributed by atoms with E-state index in [2.05, 4.69) is 22.2 Å². The van der Waals surface area contributed by atoms with Crippen LogP contribution in [0.2, 0.25) is 0 Å². The van der Waals surface area contributed by atoms with Crippen molar-refractivity contribution in [3.63, 3.8) is 0 Å². The van der Waals surface area contributed by atoms with Crippen LogP contribution < -0.4 is 10.1 Å². The van der Waals surface area contributed by atoms with Gasteiger partial charge in [-0.15, -0.1) is 0 Å². The van der Waals surface area contributed by atoms with Crippen molar-refractivity contribution in [3.8, 4) is 5.75 Å². The van der Waals surface area contributed by atoms with Gasteiger partial charge >= 0.3 is 0 Å². The van der Waals surface area contributed by atoms with Gasteiger partial charge in [-0.2, -0.15) is 0 Å². The fraction of sp³-hybridized carbons (Fsp3) is 0.222. The van der Waals surface area contributed by atoms with Crippen LogP contribution in [-0.4, -0.2) is 16.6 Å². The van der Waals surface area contributed by atoms with Crippen molar-refractivity contribution in [2.75, 3.05) is 11.9 Å². The molecule has 0 bridgehead atoms. The van der Waals surface area contributed by atoms with Gasteiger partial charge in [0.2, 0.25) is 0 Å². The third-order valence-electron chi connectivity index (χ3n) is 3.50. The maximum atomic E-state index is 13.8. The Balaban J connectivity index is 1.78. The summed E-state index contributed by atoms with van der Waals surface area (Å²) in [5.74, 6) is 1.06. The van der Waals surface area contributed by atoms with Crippen LogP contribution in [0.4, 0.5) is 15.9 Å². The van der Waals surface area contributed by atoms with E-state index in [1.165, 1.54) is 12.4 Å². The van der Waals surface area contributed by atoms with Gasteiger partial charge in [0.1, 0.15) is 29.2 Å². The maximum absolute atomic E-state index is 13.8. The minimum absolute atomic E-state index is 0.310. The number of nitrogens with one attached hydrogen (secondary N) is 1. The van der Waals surface area contributed by atoms with Gasteiger partial charge in [-0.3, -0.25) is 0 Å². The molecule has 0 unspecified atom stereocenters. The Morgan fingerprint density at radius 1 is 1.09 bits per heavy atom. The summed E-state index contributed by atoms with van der Waals surface area (Å²) in [6.45, 7) is 2.85. The quantitative estimate of drug-likeness (QED) is 0.671. The molecule has 3 rings (SSSR count). The highest BCUT2D eigenvalue weighted by Gasteiger charge is 2.07. The number of unbranched alkanes of at least 4 members (excludes halogenated alkanes) is 1. The minimum atomic E-state index is -0.354. The highest BCUT2D eigenvalue weighted by atomic mass is 19.1. The number of halogens is 1. The molecular weight excluding hydrogens is 293 g/mol. The second-order valence-corrected chi connectivity index (χ2v) is 5.21. The third-order valence-corrected chi connectivity index (χ3v) is 3.50. The van der Waals surface area contributed by atoms with E-state index in [9.17, 15) is 4.39 Å². The largest absolute Gasteiger partial charge is 0.494 e. The predicted octanol–water partition coefficient (Wildman–Crippen LogP) is 4.69. The van der Waals surface area contributed by atoms with Gasteiger partial charge in [-0.05, 0) is 42.8 Å². The van der Waals surface area contributed by atoms with Crippen LogP contribution in [-0.2, 0) is 0 Å². The molecule has 23 heavy (non-hydrogen) atoms. The van der Waals surface area contributed by atoms with Crippen molar-refractivity contribution < 1.29 is 9.13 Å². The molecule has 3 aromatic rings. The molecule has 1 heterocycles. The van der Waals surface area contributed by atoms with E-state index < -0.39 is 0 Å². The predicted molar refractivity (Wildman–Crippen MR) is 89.6 cm³/mol. The van der Waals surface area contributed by atoms with Gasteiger partial charge in [0, 0.05) is 11.1 Å². The molecule has 0 saturated carbocycles. The monoisotopic (exact) mass is 311 g/mol. The second kappa shape index (κ2) is 7.05. The Hall–Kier alpha value is -2.69. The number of hydrogen-bond donors (Lipinski definition) is 1. The molecule has 0 aliphatic heterocycles. The van der Waals surface area contributed by atoms with Crippen LogP contribution >= 0.6 is 0 Å². The first-order chi connectivity index (χ1) is 11.3. The maximum Gasteiger partial charge on any atom is 0.149 e. The van der Waals surface area contributed by atoms with E-state index >= 15 is 0 Å². The Bertz CT molecular complexity index is 790. The van der Waals surface area contributed by atoms with Crippen LogP contribution in [0.25, 0.3) is 10.9 Å². The zero-order valence-electron chi connectivity index (χ0n) is 12.9. The Morgan fingerprint density at radius 2 is 1.91 bits per heavy atom. The molecule has 1 aromatic heterocycles. The number of rotatable bonds is 6. The lowest BCUT2D eigenvalue weighted by molar-refractivity contribution is 0.309. The molecule has 0 amide bonds. The van der Waals surface area contributed by atoms with E-state index in [1.54, 1.807) is 12.1 Å². The van der Waals surface area contributed by atoms with Crippen molar-refractivity contribution in [1.82, 2.24) is 9.97 Å². The van der Waals surface area contributed by atoms with E-state index in [4.69, 9.17) is 4.74 Å². The number of fused-ring (bicyclic) bond motifs is 1. The first kappa shape index (κ1) is 15.2. The van der Waals surface area contributed by atoms with Gasteiger partial charge in [0.15, 0.2) is 0 Å². The summed E-state index contributed by atoms with van der Waals surface area (Å²) in [7, 11) is 0. The molecule has 1 N–H and O–H groups in total. The van der Waals surface area contributed by atoms with Crippen molar-refractivity contribution >= 4 is 22.4 Å². The highest BCUT2D eigenvalue weighted by molar-refractivity contribution is 5.90. The number of anilines is 2. The molecule has 2 aromatic carbocycles. The summed E-state index contributed by atoms with van der Waals surface area (Å²) in [6.07, 6.45) is 3.51. The summed E-state index contributed by atoms with van der Waals surface area (Å²) in [5, 5.41) is 3.84. The van der Waals surface area contributed by atoms with Crippen molar-refractivity contribution in [2.24, 2.45) is 0 Å². The molecule has 5 heteroatoms. The summed E-state index contributed by atoms with van der Waals surface area (Å²) >= 11 is 0. The molecule has 118 valence electrons. The molecule has 0 spiro atoms. The van der Waals surface area contributed by atoms with Gasteiger partial charge in [-0.25, -0.2) is 14.4 Å². The van der Waals surface area contributed by atoms with Crippen LogP contribution in [0.15, 0.2) is 48.8 Å². The average molecular weight is 311 g/mol. The molecule has 4 nitrogen and oxygen atoms in total. The summed E-state index contributed by atoms with van der Waals surface area (Å²) in [4.78, 5) is 8.20. The lowest BCUT2D eigenvalue weighted by Gasteiger charge is -2.10. The van der Waals surface area contributed by atoms with Gasteiger partial charge in [0.05, 0.1) is 6.61 Å². The molecule has 0 saturated heterocycles. The lowest BCUT2D eigenvalue weighted by atomic mass is 10.2. The van der Waals surface area contributed by atoms with Crippen LogP contribution in [0, 0.1) is 5.82 Å². The lowest BCUT2D eigenvalue weighted by Crippen LogP contribution is -1.98. The summed E-state index contributed by atoms with van der Waals surface area (Å²) < 4.78 is 19.4. The zero-order chi connectivity index (χ0) is 16.1. The zero-order valence-corrected chi connectivity index (χ0v) is 12.9. The summed E-state index contributed by atoms with van der Waals surface area (Å²) in [5.41, 5.74) is 1.17. The van der Waals surface area contributed by atoms with E-state index in [0.29, 0.717) is 16.7 Å². The normalized spacial score (nSPS) is 10.7. The van der Waals surface area contributed by atoms with Crippen LogP contribution in [0.3, 0.4) is 0 Å².